The molecule has 0 N–H and O–H groups in total. The Balaban J connectivity index is 1.10. The zero-order valence-corrected chi connectivity index (χ0v) is 27.1. The molecule has 0 aromatic heterocycles. The Morgan fingerprint density at radius 3 is 2.14 bits per heavy atom. The number of unbranched alkanes of at least 4 members (excludes halogenated alkanes) is 2. The lowest BCUT2D eigenvalue weighted by atomic mass is 9.72. The van der Waals surface area contributed by atoms with Crippen LogP contribution in [0.1, 0.15) is 83.7 Å². The maximum absolute atomic E-state index is 13.3. The van der Waals surface area contributed by atoms with Gasteiger partial charge in [0.2, 0.25) is 5.91 Å². The number of allylic oxidation sites excluding steroid dienone is 1. The van der Waals surface area contributed by atoms with Crippen LogP contribution in [0.2, 0.25) is 5.04 Å². The molecule has 2 fully saturated rings. The van der Waals surface area contributed by atoms with Crippen molar-refractivity contribution < 1.29 is 14.0 Å². The standard InChI is InChI=1S/C38H47NO3Si/c1-37(2,3)43(32-21-11-5-12-22-32,33-23-13-6-14-24-33)42-28-15-7-10-17-30-20-16-27-38-34(30)25-26-36(40)39(38)35(29-41-38)31-18-8-4-9-19-31/h4-6,8-9,11-14,18-24,34-35H,7,10,15-17,25-29H2,1-3H3/t34-,35+,38-/m1/s1. The molecule has 0 radical (unpaired) electrons. The summed E-state index contributed by atoms with van der Waals surface area (Å²) in [6.07, 6.45) is 10.3. The normalized spacial score (nSPS) is 23.9. The van der Waals surface area contributed by atoms with Gasteiger partial charge in [-0.3, -0.25) is 4.79 Å². The van der Waals surface area contributed by atoms with E-state index < -0.39 is 14.0 Å². The molecule has 0 saturated carbocycles. The first-order valence-electron chi connectivity index (χ1n) is 16.3. The van der Waals surface area contributed by atoms with Crippen LogP contribution in [0, 0.1) is 5.92 Å². The highest BCUT2D eigenvalue weighted by Gasteiger charge is 2.58. The van der Waals surface area contributed by atoms with Gasteiger partial charge < -0.3 is 14.1 Å². The van der Waals surface area contributed by atoms with E-state index in [4.69, 9.17) is 9.16 Å². The van der Waals surface area contributed by atoms with Crippen molar-refractivity contribution >= 4 is 24.6 Å². The van der Waals surface area contributed by atoms with Crippen LogP contribution in [0.3, 0.4) is 0 Å². The van der Waals surface area contributed by atoms with Gasteiger partial charge in [0.15, 0.2) is 5.72 Å². The molecule has 2 aliphatic heterocycles. The van der Waals surface area contributed by atoms with E-state index in [2.05, 4.69) is 117 Å². The van der Waals surface area contributed by atoms with Crippen molar-refractivity contribution in [1.29, 1.82) is 0 Å². The SMILES string of the molecule is CC(C)(C)[Si](OCCCCCC1=CCC[C@]23OC[C@@H](c4ccccc4)N2C(=O)CC[C@H]13)(c1ccccc1)c1ccccc1. The van der Waals surface area contributed by atoms with Gasteiger partial charge in [0, 0.05) is 18.9 Å². The zero-order valence-electron chi connectivity index (χ0n) is 26.1. The number of ether oxygens (including phenoxy) is 1. The summed E-state index contributed by atoms with van der Waals surface area (Å²) in [5.74, 6) is 0.561. The lowest BCUT2D eigenvalue weighted by Crippen LogP contribution is -2.66. The van der Waals surface area contributed by atoms with Crippen LogP contribution < -0.4 is 10.4 Å². The second kappa shape index (κ2) is 12.5. The second-order valence-corrected chi connectivity index (χ2v) is 17.9. The quantitative estimate of drug-likeness (QED) is 0.138. The highest BCUT2D eigenvalue weighted by molar-refractivity contribution is 6.99. The Labute approximate surface area is 259 Å². The lowest BCUT2D eigenvalue weighted by Gasteiger charge is -2.50. The first-order chi connectivity index (χ1) is 20.9. The Morgan fingerprint density at radius 2 is 1.51 bits per heavy atom. The summed E-state index contributed by atoms with van der Waals surface area (Å²) < 4.78 is 13.8. The average molecular weight is 594 g/mol. The van der Waals surface area contributed by atoms with Crippen LogP contribution in [0.25, 0.3) is 0 Å². The summed E-state index contributed by atoms with van der Waals surface area (Å²) in [7, 11) is -2.49. The van der Waals surface area contributed by atoms with Gasteiger partial charge in [-0.1, -0.05) is 130 Å². The van der Waals surface area contributed by atoms with Gasteiger partial charge in [0.1, 0.15) is 0 Å². The van der Waals surface area contributed by atoms with E-state index in [1.54, 1.807) is 0 Å². The largest absolute Gasteiger partial charge is 0.407 e. The molecule has 4 nitrogen and oxygen atoms in total. The van der Waals surface area contributed by atoms with Crippen molar-refractivity contribution in [3.05, 3.63) is 108 Å². The first-order valence-corrected chi connectivity index (χ1v) is 18.2. The zero-order chi connectivity index (χ0) is 29.9. The van der Waals surface area contributed by atoms with Crippen molar-refractivity contribution in [2.75, 3.05) is 13.2 Å². The minimum atomic E-state index is -2.49. The van der Waals surface area contributed by atoms with Gasteiger partial charge in [0.05, 0.1) is 12.6 Å². The summed E-state index contributed by atoms with van der Waals surface area (Å²) in [5.41, 5.74) is 2.22. The first kappa shape index (κ1) is 30.1. The van der Waals surface area contributed by atoms with Crippen LogP contribution in [0.5, 0.6) is 0 Å². The number of amides is 1. The van der Waals surface area contributed by atoms with Crippen molar-refractivity contribution in [3.63, 3.8) is 0 Å². The third-order valence-corrected chi connectivity index (χ3v) is 15.1. The number of carbonyl (C=O) groups excluding carboxylic acids is 1. The highest BCUT2D eigenvalue weighted by Crippen LogP contribution is 2.53. The molecular formula is C38H47NO3Si. The number of hydrogen-bond acceptors (Lipinski definition) is 3. The topological polar surface area (TPSA) is 38.8 Å². The van der Waals surface area contributed by atoms with Gasteiger partial charge in [-0.15, -0.1) is 0 Å². The molecule has 0 bridgehead atoms. The molecule has 1 amide bonds. The number of rotatable bonds is 10. The maximum atomic E-state index is 13.3. The molecule has 1 spiro atoms. The molecule has 43 heavy (non-hydrogen) atoms. The summed E-state index contributed by atoms with van der Waals surface area (Å²) in [5, 5.41) is 2.68. The molecule has 2 heterocycles. The molecule has 226 valence electrons. The van der Waals surface area contributed by atoms with E-state index in [0.717, 1.165) is 51.6 Å². The van der Waals surface area contributed by atoms with Crippen LogP contribution in [-0.2, 0) is 14.0 Å². The third-order valence-electron chi connectivity index (χ3n) is 10.1. The summed E-state index contributed by atoms with van der Waals surface area (Å²) in [4.78, 5) is 15.5. The number of benzene rings is 3. The molecule has 3 aromatic rings. The predicted octanol–water partition coefficient (Wildman–Crippen LogP) is 7.55. The molecule has 1 aliphatic carbocycles. The molecule has 2 saturated heterocycles. The van der Waals surface area contributed by atoms with E-state index in [9.17, 15) is 4.79 Å². The fourth-order valence-corrected chi connectivity index (χ4v) is 12.7. The van der Waals surface area contributed by atoms with Crippen LogP contribution >= 0.6 is 0 Å². The van der Waals surface area contributed by atoms with Crippen molar-refractivity contribution in [3.8, 4) is 0 Å². The maximum Gasteiger partial charge on any atom is 0.261 e. The Bertz CT molecular complexity index is 1360. The summed E-state index contributed by atoms with van der Waals surface area (Å²) in [6.45, 7) is 8.39. The van der Waals surface area contributed by atoms with Gasteiger partial charge in [-0.25, -0.2) is 0 Å². The fourth-order valence-electron chi connectivity index (χ4n) is 8.14. The molecule has 5 heteroatoms. The highest BCUT2D eigenvalue weighted by atomic mass is 28.4. The van der Waals surface area contributed by atoms with E-state index in [-0.39, 0.29) is 17.0 Å². The number of nitrogens with zero attached hydrogens (tertiary/aromatic N) is 1. The fraction of sp³-hybridized carbons (Fsp3) is 0.447. The van der Waals surface area contributed by atoms with Crippen LogP contribution in [0.15, 0.2) is 103 Å². The Kier molecular flexibility index (Phi) is 8.77. The molecule has 3 atom stereocenters. The number of piperidine rings is 1. The lowest BCUT2D eigenvalue weighted by molar-refractivity contribution is -0.175. The molecule has 3 aromatic carbocycles. The molecule has 3 aliphatic rings. The number of carbonyl (C=O) groups is 1. The Hall–Kier alpha value is -2.99. The smallest absolute Gasteiger partial charge is 0.261 e. The minimum absolute atomic E-state index is 0.000115. The van der Waals surface area contributed by atoms with Gasteiger partial charge in [-0.05, 0) is 59.5 Å². The van der Waals surface area contributed by atoms with Crippen LogP contribution in [-0.4, -0.2) is 38.1 Å². The van der Waals surface area contributed by atoms with E-state index in [1.807, 2.05) is 6.07 Å². The summed E-state index contributed by atoms with van der Waals surface area (Å²) >= 11 is 0. The minimum Gasteiger partial charge on any atom is -0.407 e. The van der Waals surface area contributed by atoms with Gasteiger partial charge >= 0.3 is 0 Å². The van der Waals surface area contributed by atoms with E-state index in [0.29, 0.717) is 18.9 Å². The van der Waals surface area contributed by atoms with Crippen molar-refractivity contribution in [1.82, 2.24) is 4.90 Å². The number of hydrogen-bond donors (Lipinski definition) is 0. The Morgan fingerprint density at radius 1 is 0.884 bits per heavy atom. The molecule has 6 rings (SSSR count). The van der Waals surface area contributed by atoms with Crippen molar-refractivity contribution in [2.45, 2.75) is 88.9 Å². The van der Waals surface area contributed by atoms with Gasteiger partial charge in [0.25, 0.3) is 8.32 Å². The second-order valence-electron chi connectivity index (χ2n) is 13.6. The van der Waals surface area contributed by atoms with E-state index in [1.165, 1.54) is 21.5 Å². The average Bonchev–Trinajstić information content (AvgIpc) is 3.42. The molecule has 0 unspecified atom stereocenters. The predicted molar refractivity (Wildman–Crippen MR) is 177 cm³/mol. The molecular weight excluding hydrogens is 547 g/mol. The van der Waals surface area contributed by atoms with Crippen molar-refractivity contribution in [2.24, 2.45) is 5.92 Å². The summed E-state index contributed by atoms with van der Waals surface area (Å²) in [6, 6.07) is 32.3. The van der Waals surface area contributed by atoms with Crippen LogP contribution in [0.4, 0.5) is 0 Å². The van der Waals surface area contributed by atoms with E-state index >= 15 is 0 Å². The van der Waals surface area contributed by atoms with Gasteiger partial charge in [-0.2, -0.15) is 0 Å². The third kappa shape index (κ3) is 5.56. The monoisotopic (exact) mass is 593 g/mol.